The standard InChI is InChI=1S/C10H8NO/c1-2-5-10-11-8-6-3-4-7-9(8)12-10/h2-7H,1H2. The zero-order valence-electron chi connectivity index (χ0n) is 6.53. The first-order valence-electron chi connectivity index (χ1n) is 3.71. The highest BCUT2D eigenvalue weighted by Crippen LogP contribution is 2.15. The third-order valence-electron chi connectivity index (χ3n) is 1.57. The van der Waals surface area contributed by atoms with E-state index in [4.69, 9.17) is 4.42 Å². The van der Waals surface area contributed by atoms with E-state index in [-0.39, 0.29) is 0 Å². The van der Waals surface area contributed by atoms with Crippen molar-refractivity contribution in [3.63, 3.8) is 0 Å². The van der Waals surface area contributed by atoms with E-state index < -0.39 is 0 Å². The van der Waals surface area contributed by atoms with E-state index in [1.165, 1.54) is 0 Å². The van der Waals surface area contributed by atoms with Gasteiger partial charge in [0.15, 0.2) is 5.58 Å². The van der Waals surface area contributed by atoms with Gasteiger partial charge in [-0.05, 0) is 12.1 Å². The topological polar surface area (TPSA) is 26.0 Å². The summed E-state index contributed by atoms with van der Waals surface area (Å²) < 4.78 is 5.37. The summed E-state index contributed by atoms with van der Waals surface area (Å²) in [5.41, 5.74) is 1.69. The molecule has 0 aliphatic carbocycles. The van der Waals surface area contributed by atoms with Gasteiger partial charge in [-0.25, -0.2) is 4.98 Å². The van der Waals surface area contributed by atoms with Crippen molar-refractivity contribution in [2.75, 3.05) is 0 Å². The normalized spacial score (nSPS) is 10.3. The fourth-order valence-electron chi connectivity index (χ4n) is 1.06. The molecule has 2 heteroatoms. The average molecular weight is 158 g/mol. The minimum atomic E-state index is 0.603. The van der Waals surface area contributed by atoms with E-state index in [1.54, 1.807) is 12.5 Å². The van der Waals surface area contributed by atoms with Gasteiger partial charge in [-0.2, -0.15) is 0 Å². The molecular formula is C10H8NO. The Morgan fingerprint density at radius 2 is 2.17 bits per heavy atom. The van der Waals surface area contributed by atoms with Crippen molar-refractivity contribution < 1.29 is 4.42 Å². The molecule has 12 heavy (non-hydrogen) atoms. The molecule has 1 aromatic heterocycles. The van der Waals surface area contributed by atoms with Gasteiger partial charge in [0.2, 0.25) is 5.89 Å². The van der Waals surface area contributed by atoms with Crippen LogP contribution in [0.25, 0.3) is 11.1 Å². The zero-order chi connectivity index (χ0) is 8.39. The lowest BCUT2D eigenvalue weighted by Crippen LogP contribution is -1.73. The first-order chi connectivity index (χ1) is 5.90. The first kappa shape index (κ1) is 7.10. The summed E-state index contributed by atoms with van der Waals surface area (Å²) in [6, 6.07) is 7.66. The Labute approximate surface area is 70.5 Å². The van der Waals surface area contributed by atoms with Crippen molar-refractivity contribution in [3.05, 3.63) is 49.2 Å². The second-order valence-corrected chi connectivity index (χ2v) is 2.42. The maximum Gasteiger partial charge on any atom is 0.203 e. The summed E-state index contributed by atoms with van der Waals surface area (Å²) in [4.78, 5) is 4.21. The molecule has 0 fully saturated rings. The minimum absolute atomic E-state index is 0.603. The maximum atomic E-state index is 5.37. The number of allylic oxidation sites excluding steroid dienone is 1. The monoisotopic (exact) mass is 158 g/mol. The lowest BCUT2D eigenvalue weighted by atomic mass is 10.3. The lowest BCUT2D eigenvalue weighted by molar-refractivity contribution is 0.572. The van der Waals surface area contributed by atoms with Crippen molar-refractivity contribution in [3.8, 4) is 0 Å². The Hall–Kier alpha value is -1.57. The van der Waals surface area contributed by atoms with Crippen LogP contribution in [0.4, 0.5) is 0 Å². The van der Waals surface area contributed by atoms with Crippen LogP contribution in [-0.4, -0.2) is 4.98 Å². The second-order valence-electron chi connectivity index (χ2n) is 2.42. The zero-order valence-corrected chi connectivity index (χ0v) is 6.53. The molecule has 0 atom stereocenters. The Kier molecular flexibility index (Phi) is 1.67. The number of hydrogen-bond donors (Lipinski definition) is 0. The minimum Gasteiger partial charge on any atom is -0.440 e. The van der Waals surface area contributed by atoms with E-state index in [2.05, 4.69) is 11.6 Å². The Balaban J connectivity index is 2.54. The largest absolute Gasteiger partial charge is 0.440 e. The van der Waals surface area contributed by atoms with Gasteiger partial charge < -0.3 is 4.42 Å². The molecule has 1 heterocycles. The molecule has 0 saturated carbocycles. The van der Waals surface area contributed by atoms with Crippen molar-refractivity contribution in [2.24, 2.45) is 0 Å². The number of benzene rings is 1. The van der Waals surface area contributed by atoms with Gasteiger partial charge in [0.25, 0.3) is 0 Å². The number of hydrogen-bond acceptors (Lipinski definition) is 2. The van der Waals surface area contributed by atoms with Gasteiger partial charge in [-0.1, -0.05) is 18.2 Å². The van der Waals surface area contributed by atoms with Crippen LogP contribution >= 0.6 is 0 Å². The highest BCUT2D eigenvalue weighted by Gasteiger charge is 2.01. The Morgan fingerprint density at radius 3 is 2.92 bits per heavy atom. The molecule has 2 rings (SSSR count). The molecule has 0 bridgehead atoms. The van der Waals surface area contributed by atoms with Crippen molar-refractivity contribution >= 4 is 11.1 Å². The van der Waals surface area contributed by atoms with Crippen LogP contribution in [0.3, 0.4) is 0 Å². The molecule has 2 nitrogen and oxygen atoms in total. The number of para-hydroxylation sites is 2. The van der Waals surface area contributed by atoms with Gasteiger partial charge >= 0.3 is 0 Å². The SMILES string of the molecule is C=C[CH]c1nc2ccccc2o1. The quantitative estimate of drug-likeness (QED) is 0.671. The molecule has 0 unspecified atom stereocenters. The summed E-state index contributed by atoms with van der Waals surface area (Å²) in [5.74, 6) is 0.603. The van der Waals surface area contributed by atoms with Crippen molar-refractivity contribution in [1.29, 1.82) is 0 Å². The third kappa shape index (κ3) is 1.11. The van der Waals surface area contributed by atoms with Crippen LogP contribution in [0.15, 0.2) is 41.3 Å². The molecule has 2 aromatic rings. The third-order valence-corrected chi connectivity index (χ3v) is 1.57. The molecule has 1 radical (unpaired) electrons. The van der Waals surface area contributed by atoms with E-state index in [0.29, 0.717) is 5.89 Å². The molecule has 0 amide bonds. The highest BCUT2D eigenvalue weighted by molar-refractivity contribution is 5.72. The molecular weight excluding hydrogens is 150 g/mol. The summed E-state index contributed by atoms with van der Waals surface area (Å²) in [7, 11) is 0. The van der Waals surface area contributed by atoms with Crippen LogP contribution in [0.5, 0.6) is 0 Å². The first-order valence-corrected chi connectivity index (χ1v) is 3.71. The average Bonchev–Trinajstić information content (AvgIpc) is 2.47. The van der Waals surface area contributed by atoms with E-state index in [0.717, 1.165) is 11.1 Å². The van der Waals surface area contributed by atoms with Crippen molar-refractivity contribution in [1.82, 2.24) is 4.98 Å². The smallest absolute Gasteiger partial charge is 0.203 e. The van der Waals surface area contributed by atoms with Crippen LogP contribution < -0.4 is 0 Å². The van der Waals surface area contributed by atoms with Gasteiger partial charge in [0.1, 0.15) is 5.52 Å². The maximum absolute atomic E-state index is 5.37. The second kappa shape index (κ2) is 2.81. The number of nitrogens with zero attached hydrogens (tertiary/aromatic N) is 1. The molecule has 0 aliphatic heterocycles. The van der Waals surface area contributed by atoms with Crippen LogP contribution in [-0.2, 0) is 0 Å². The fourth-order valence-corrected chi connectivity index (χ4v) is 1.06. The van der Waals surface area contributed by atoms with Crippen LogP contribution in [0.1, 0.15) is 5.89 Å². The predicted molar refractivity (Wildman–Crippen MR) is 47.6 cm³/mol. The summed E-state index contributed by atoms with van der Waals surface area (Å²) >= 11 is 0. The number of oxazole rings is 1. The van der Waals surface area contributed by atoms with Gasteiger partial charge in [0, 0.05) is 0 Å². The lowest BCUT2D eigenvalue weighted by Gasteiger charge is -1.81. The van der Waals surface area contributed by atoms with Crippen LogP contribution in [0.2, 0.25) is 0 Å². The van der Waals surface area contributed by atoms with Gasteiger partial charge in [-0.3, -0.25) is 0 Å². The Morgan fingerprint density at radius 1 is 1.33 bits per heavy atom. The molecule has 0 saturated heterocycles. The number of fused-ring (bicyclic) bond motifs is 1. The molecule has 0 spiro atoms. The van der Waals surface area contributed by atoms with E-state index >= 15 is 0 Å². The number of rotatable bonds is 2. The predicted octanol–water partition coefficient (Wildman–Crippen LogP) is 2.57. The molecule has 1 aromatic carbocycles. The summed E-state index contributed by atoms with van der Waals surface area (Å²) in [5, 5.41) is 0. The number of aromatic nitrogens is 1. The fraction of sp³-hybridized carbons (Fsp3) is 0. The van der Waals surface area contributed by atoms with Gasteiger partial charge in [0.05, 0.1) is 6.42 Å². The van der Waals surface area contributed by atoms with Crippen molar-refractivity contribution in [2.45, 2.75) is 0 Å². The van der Waals surface area contributed by atoms with E-state index in [9.17, 15) is 0 Å². The molecule has 0 N–H and O–H groups in total. The highest BCUT2D eigenvalue weighted by atomic mass is 16.3. The molecule has 59 valence electrons. The van der Waals surface area contributed by atoms with E-state index in [1.807, 2.05) is 24.3 Å². The van der Waals surface area contributed by atoms with Gasteiger partial charge in [-0.15, -0.1) is 6.58 Å². The van der Waals surface area contributed by atoms with Crippen LogP contribution in [0, 0.1) is 6.42 Å². The Bertz CT molecular complexity index is 370. The molecule has 0 aliphatic rings. The summed E-state index contributed by atoms with van der Waals surface area (Å²) in [6.45, 7) is 3.57. The summed E-state index contributed by atoms with van der Waals surface area (Å²) in [6.07, 6.45) is 3.39.